The highest BCUT2D eigenvalue weighted by Crippen LogP contribution is 2.17. The summed E-state index contributed by atoms with van der Waals surface area (Å²) >= 11 is 0. The van der Waals surface area contributed by atoms with E-state index in [2.05, 4.69) is 20.5 Å². The Morgan fingerprint density at radius 3 is 2.85 bits per heavy atom. The van der Waals surface area contributed by atoms with Crippen molar-refractivity contribution in [2.75, 3.05) is 14.1 Å². The lowest BCUT2D eigenvalue weighted by Crippen LogP contribution is -2.28. The summed E-state index contributed by atoms with van der Waals surface area (Å²) in [6.07, 6.45) is 3.15. The summed E-state index contributed by atoms with van der Waals surface area (Å²) in [7, 11) is -0.339. The molecule has 2 rings (SSSR count). The molecule has 2 heterocycles. The molecule has 2 aromatic heterocycles. The molecule has 0 aliphatic heterocycles. The van der Waals surface area contributed by atoms with Crippen molar-refractivity contribution in [2.45, 2.75) is 18.1 Å². The molecule has 0 atom stereocenters. The van der Waals surface area contributed by atoms with Gasteiger partial charge in [0, 0.05) is 25.4 Å². The van der Waals surface area contributed by atoms with E-state index in [9.17, 15) is 8.42 Å². The fourth-order valence-corrected chi connectivity index (χ4v) is 3.04. The minimum atomic E-state index is -3.61. The van der Waals surface area contributed by atoms with Crippen molar-refractivity contribution in [2.24, 2.45) is 0 Å². The average molecular weight is 295 g/mol. The van der Waals surface area contributed by atoms with Crippen LogP contribution in [0.5, 0.6) is 0 Å². The molecule has 108 valence electrons. The topological polar surface area (TPSA) is 91.0 Å². The lowest BCUT2D eigenvalue weighted by atomic mass is 10.3. The van der Waals surface area contributed by atoms with E-state index in [0.717, 1.165) is 0 Å². The number of aromatic nitrogens is 3. The van der Waals surface area contributed by atoms with Crippen molar-refractivity contribution in [3.8, 4) is 0 Å². The van der Waals surface area contributed by atoms with Gasteiger partial charge in [0.1, 0.15) is 0 Å². The maximum atomic E-state index is 12.5. The molecule has 0 unspecified atom stereocenters. The molecule has 0 saturated heterocycles. The van der Waals surface area contributed by atoms with Crippen LogP contribution in [0.25, 0.3) is 0 Å². The van der Waals surface area contributed by atoms with E-state index >= 15 is 0 Å². The average Bonchev–Trinajstić information content (AvgIpc) is 2.89. The molecule has 0 aliphatic rings. The Morgan fingerprint density at radius 2 is 2.20 bits per heavy atom. The van der Waals surface area contributed by atoms with Crippen molar-refractivity contribution in [1.82, 2.24) is 24.8 Å². The first kappa shape index (κ1) is 14.6. The van der Waals surface area contributed by atoms with E-state index < -0.39 is 10.0 Å². The lowest BCUT2D eigenvalue weighted by molar-refractivity contribution is 0.458. The predicted octanol–water partition coefficient (Wildman–Crippen LogP) is 0.345. The van der Waals surface area contributed by atoms with Crippen LogP contribution >= 0.6 is 0 Å². The molecule has 0 radical (unpaired) electrons. The zero-order valence-electron chi connectivity index (χ0n) is 11.4. The van der Waals surface area contributed by atoms with Gasteiger partial charge in [-0.05, 0) is 19.2 Å². The van der Waals surface area contributed by atoms with Gasteiger partial charge >= 0.3 is 0 Å². The fraction of sp³-hybridized carbons (Fsp3) is 0.333. The van der Waals surface area contributed by atoms with Crippen LogP contribution in [0.15, 0.2) is 35.6 Å². The van der Waals surface area contributed by atoms with Crippen LogP contribution in [0.2, 0.25) is 0 Å². The molecule has 2 N–H and O–H groups in total. The highest BCUT2D eigenvalue weighted by molar-refractivity contribution is 7.89. The predicted molar refractivity (Wildman–Crippen MR) is 74.2 cm³/mol. The normalized spacial score (nSPS) is 11.9. The Balaban J connectivity index is 2.23. The van der Waals surface area contributed by atoms with E-state index in [-0.39, 0.29) is 11.6 Å². The minimum Gasteiger partial charge on any atom is -0.316 e. The summed E-state index contributed by atoms with van der Waals surface area (Å²) in [4.78, 5) is 4.13. The number of hydrogen-bond donors (Lipinski definition) is 2. The number of sulfonamides is 1. The highest BCUT2D eigenvalue weighted by Gasteiger charge is 2.25. The summed E-state index contributed by atoms with van der Waals surface area (Å²) in [6, 6.07) is 5.40. The second-order valence-electron chi connectivity index (χ2n) is 4.34. The van der Waals surface area contributed by atoms with Crippen LogP contribution in [-0.4, -0.2) is 42.0 Å². The zero-order chi connectivity index (χ0) is 14.6. The summed E-state index contributed by atoms with van der Waals surface area (Å²) < 4.78 is 26.2. The first-order chi connectivity index (χ1) is 9.55. The van der Waals surface area contributed by atoms with Crippen molar-refractivity contribution >= 4 is 10.0 Å². The van der Waals surface area contributed by atoms with Crippen molar-refractivity contribution in [3.05, 3.63) is 41.9 Å². The molecule has 0 fully saturated rings. The van der Waals surface area contributed by atoms with E-state index in [0.29, 0.717) is 17.8 Å². The minimum absolute atomic E-state index is 0.116. The molecule has 0 amide bonds. The molecule has 0 aromatic carbocycles. The van der Waals surface area contributed by atoms with Gasteiger partial charge in [-0.1, -0.05) is 6.07 Å². The second-order valence-corrected chi connectivity index (χ2v) is 6.32. The van der Waals surface area contributed by atoms with Gasteiger partial charge in [-0.3, -0.25) is 10.1 Å². The second kappa shape index (κ2) is 6.12. The third-order valence-electron chi connectivity index (χ3n) is 2.82. The number of aromatic amines is 1. The van der Waals surface area contributed by atoms with Crippen LogP contribution in [0.1, 0.15) is 11.3 Å². The van der Waals surface area contributed by atoms with Crippen LogP contribution in [0, 0.1) is 0 Å². The van der Waals surface area contributed by atoms with Gasteiger partial charge < -0.3 is 5.32 Å². The van der Waals surface area contributed by atoms with Crippen molar-refractivity contribution in [3.63, 3.8) is 0 Å². The summed E-state index contributed by atoms with van der Waals surface area (Å²) in [5.74, 6) is 0. The maximum Gasteiger partial charge on any atom is 0.260 e. The Hall–Kier alpha value is -1.77. The summed E-state index contributed by atoms with van der Waals surface area (Å²) in [6.45, 7) is 0.643. The van der Waals surface area contributed by atoms with Gasteiger partial charge in [0.15, 0.2) is 5.03 Å². The van der Waals surface area contributed by atoms with Crippen LogP contribution in [-0.2, 0) is 23.1 Å². The van der Waals surface area contributed by atoms with Crippen LogP contribution in [0.4, 0.5) is 0 Å². The third-order valence-corrected chi connectivity index (χ3v) is 4.64. The smallest absolute Gasteiger partial charge is 0.260 e. The largest absolute Gasteiger partial charge is 0.316 e. The summed E-state index contributed by atoms with van der Waals surface area (Å²) in [5, 5.41) is 9.40. The molecule has 0 bridgehead atoms. The van der Waals surface area contributed by atoms with Crippen LogP contribution < -0.4 is 5.32 Å². The number of pyridine rings is 1. The van der Waals surface area contributed by atoms with Gasteiger partial charge in [0.25, 0.3) is 10.0 Å². The van der Waals surface area contributed by atoms with E-state index in [4.69, 9.17) is 0 Å². The van der Waals surface area contributed by atoms with Crippen LogP contribution in [0.3, 0.4) is 0 Å². The number of H-pyrrole nitrogens is 1. The Kier molecular flexibility index (Phi) is 4.48. The molecular formula is C12H17N5O2S. The molecule has 20 heavy (non-hydrogen) atoms. The molecule has 0 aliphatic carbocycles. The number of nitrogens with zero attached hydrogens (tertiary/aromatic N) is 3. The van der Waals surface area contributed by atoms with Gasteiger partial charge in [-0.15, -0.1) is 0 Å². The standard InChI is InChI=1S/C12H17N5O2S/c1-13-7-10-8-15-16-12(10)20(18,19)17(2)9-11-5-3-4-6-14-11/h3-6,8,13H,7,9H2,1-2H3,(H,15,16). The van der Waals surface area contributed by atoms with Gasteiger partial charge in [0.05, 0.1) is 18.4 Å². The maximum absolute atomic E-state index is 12.5. The fourth-order valence-electron chi connectivity index (χ4n) is 1.80. The number of rotatable bonds is 6. The van der Waals surface area contributed by atoms with E-state index in [1.54, 1.807) is 25.4 Å². The molecular weight excluding hydrogens is 278 g/mol. The van der Waals surface area contributed by atoms with E-state index in [1.807, 2.05) is 6.07 Å². The first-order valence-electron chi connectivity index (χ1n) is 6.09. The van der Waals surface area contributed by atoms with Crippen molar-refractivity contribution in [1.29, 1.82) is 0 Å². The van der Waals surface area contributed by atoms with Gasteiger partial charge in [0.2, 0.25) is 0 Å². The Labute approximate surface area is 118 Å². The molecule has 7 nitrogen and oxygen atoms in total. The Bertz CT molecular complexity index is 653. The zero-order valence-corrected chi connectivity index (χ0v) is 12.2. The first-order valence-corrected chi connectivity index (χ1v) is 7.53. The van der Waals surface area contributed by atoms with Gasteiger partial charge in [-0.25, -0.2) is 8.42 Å². The highest BCUT2D eigenvalue weighted by atomic mass is 32.2. The van der Waals surface area contributed by atoms with Crippen molar-refractivity contribution < 1.29 is 8.42 Å². The molecule has 8 heteroatoms. The SMILES string of the molecule is CNCc1cn[nH]c1S(=O)(=O)N(C)Cc1ccccn1. The molecule has 0 spiro atoms. The Morgan fingerprint density at radius 1 is 1.40 bits per heavy atom. The van der Waals surface area contributed by atoms with E-state index in [1.165, 1.54) is 17.5 Å². The lowest BCUT2D eigenvalue weighted by Gasteiger charge is -2.16. The molecule has 2 aromatic rings. The quantitative estimate of drug-likeness (QED) is 0.802. The monoisotopic (exact) mass is 295 g/mol. The molecule has 0 saturated carbocycles. The number of nitrogens with one attached hydrogen (secondary N) is 2. The third kappa shape index (κ3) is 3.03. The van der Waals surface area contributed by atoms with Gasteiger partial charge in [-0.2, -0.15) is 9.40 Å². The number of hydrogen-bond acceptors (Lipinski definition) is 5. The summed E-state index contributed by atoms with van der Waals surface area (Å²) in [5.41, 5.74) is 1.30.